The first-order valence-corrected chi connectivity index (χ1v) is 9.50. The lowest BCUT2D eigenvalue weighted by molar-refractivity contribution is -0.0756. The second-order valence-electron chi connectivity index (χ2n) is 6.24. The van der Waals surface area contributed by atoms with Crippen molar-refractivity contribution in [2.75, 3.05) is 14.2 Å². The van der Waals surface area contributed by atoms with E-state index in [2.05, 4.69) is 0 Å². The van der Waals surface area contributed by atoms with E-state index < -0.39 is 0 Å². The summed E-state index contributed by atoms with van der Waals surface area (Å²) in [6, 6.07) is 20.5. The molecule has 6 heteroatoms. The van der Waals surface area contributed by atoms with Gasteiger partial charge in [-0.1, -0.05) is 42.1 Å². The number of aromatic hydroxyl groups is 1. The van der Waals surface area contributed by atoms with Crippen molar-refractivity contribution in [3.8, 4) is 5.75 Å². The number of fused-ring (bicyclic) bond motifs is 2. The third-order valence-electron chi connectivity index (χ3n) is 4.52. The number of benzene rings is 3. The van der Waals surface area contributed by atoms with E-state index in [0.29, 0.717) is 22.5 Å². The maximum absolute atomic E-state index is 12.5. The number of hydroxylamine groups is 2. The molecule has 3 aromatic carbocycles. The molecule has 0 saturated carbocycles. The number of phenolic OH excluding ortho intramolecular Hbond substituents is 1. The molecular formula is C22H18N2O3S. The highest BCUT2D eigenvalue weighted by atomic mass is 32.2. The Hall–Kier alpha value is -3.09. The van der Waals surface area contributed by atoms with E-state index in [1.807, 2.05) is 42.5 Å². The Morgan fingerprint density at radius 3 is 2.46 bits per heavy atom. The number of carbonyl (C=O) groups excluding carboxylic acids is 1. The molecule has 0 atom stereocenters. The van der Waals surface area contributed by atoms with Crippen molar-refractivity contribution in [3.63, 3.8) is 0 Å². The maximum Gasteiger partial charge on any atom is 0.277 e. The number of rotatable bonds is 3. The fourth-order valence-electron chi connectivity index (χ4n) is 3.02. The Bertz CT molecular complexity index is 1090. The van der Waals surface area contributed by atoms with Crippen LogP contribution in [-0.2, 0) is 4.84 Å². The summed E-state index contributed by atoms with van der Waals surface area (Å²) >= 11 is 1.59. The van der Waals surface area contributed by atoms with Crippen LogP contribution in [0, 0.1) is 0 Å². The average Bonchev–Trinajstić information content (AvgIpc) is 2.89. The predicted octanol–water partition coefficient (Wildman–Crippen LogP) is 4.66. The van der Waals surface area contributed by atoms with Crippen molar-refractivity contribution in [1.82, 2.24) is 5.06 Å². The number of hydrogen-bond donors (Lipinski definition) is 1. The quantitative estimate of drug-likeness (QED) is 0.517. The molecule has 1 aliphatic rings. The van der Waals surface area contributed by atoms with E-state index >= 15 is 0 Å². The van der Waals surface area contributed by atoms with Crippen LogP contribution in [0.4, 0.5) is 5.69 Å². The fraction of sp³-hybridized carbons (Fsp3) is 0.0909. The Morgan fingerprint density at radius 1 is 1.00 bits per heavy atom. The zero-order chi connectivity index (χ0) is 19.7. The molecular weight excluding hydrogens is 372 g/mol. The largest absolute Gasteiger partial charge is 0.507 e. The Balaban J connectivity index is 1.92. The summed E-state index contributed by atoms with van der Waals surface area (Å²) < 4.78 is 0. The summed E-state index contributed by atoms with van der Waals surface area (Å²) in [5.74, 6) is -0.0905. The maximum atomic E-state index is 12.5. The molecule has 0 aromatic heterocycles. The SMILES string of the molecule is CON(C)C(=O)c1ccc2c(c1)N=C(c1ccccc1O)c1ccccc1S2. The van der Waals surface area contributed by atoms with Crippen molar-refractivity contribution in [3.05, 3.63) is 83.4 Å². The van der Waals surface area contributed by atoms with E-state index in [9.17, 15) is 9.90 Å². The van der Waals surface area contributed by atoms with Gasteiger partial charge in [-0.3, -0.25) is 9.63 Å². The topological polar surface area (TPSA) is 62.1 Å². The van der Waals surface area contributed by atoms with Gasteiger partial charge in [0, 0.05) is 33.5 Å². The third-order valence-corrected chi connectivity index (χ3v) is 5.66. The van der Waals surface area contributed by atoms with Crippen molar-refractivity contribution in [1.29, 1.82) is 0 Å². The Morgan fingerprint density at radius 2 is 1.71 bits per heavy atom. The molecule has 1 amide bonds. The van der Waals surface area contributed by atoms with Gasteiger partial charge >= 0.3 is 0 Å². The van der Waals surface area contributed by atoms with Gasteiger partial charge in [0.15, 0.2) is 0 Å². The summed E-state index contributed by atoms with van der Waals surface area (Å²) in [6.07, 6.45) is 0. The molecule has 0 aliphatic carbocycles. The molecule has 0 bridgehead atoms. The van der Waals surface area contributed by atoms with Gasteiger partial charge in [0.05, 0.1) is 18.5 Å². The van der Waals surface area contributed by atoms with Crippen LogP contribution in [0.2, 0.25) is 0 Å². The lowest BCUT2D eigenvalue weighted by atomic mass is 10.0. The first-order valence-electron chi connectivity index (χ1n) is 8.69. The zero-order valence-corrected chi connectivity index (χ0v) is 16.2. The van der Waals surface area contributed by atoms with Gasteiger partial charge in [-0.05, 0) is 36.4 Å². The molecule has 0 fully saturated rings. The predicted molar refractivity (Wildman–Crippen MR) is 110 cm³/mol. The first kappa shape index (κ1) is 18.3. The standard InChI is InChI=1S/C22H18N2O3S/c1-24(27-2)22(26)14-11-12-20-17(13-14)23-21(15-7-3-5-9-18(15)25)16-8-4-6-10-19(16)28-20/h3-13,25H,1-2H3. The number of phenols is 1. The van der Waals surface area contributed by atoms with Gasteiger partial charge in [0.25, 0.3) is 5.91 Å². The molecule has 1 N–H and O–H groups in total. The minimum absolute atomic E-state index is 0.163. The normalized spacial score (nSPS) is 12.4. The van der Waals surface area contributed by atoms with Crippen molar-refractivity contribution in [2.45, 2.75) is 9.79 Å². The van der Waals surface area contributed by atoms with Crippen LogP contribution in [-0.4, -0.2) is 35.9 Å². The summed E-state index contributed by atoms with van der Waals surface area (Å²) in [5.41, 5.74) is 3.41. The van der Waals surface area contributed by atoms with Crippen molar-refractivity contribution in [2.24, 2.45) is 4.99 Å². The molecule has 0 unspecified atom stereocenters. The van der Waals surface area contributed by atoms with E-state index in [1.165, 1.54) is 12.2 Å². The zero-order valence-electron chi connectivity index (χ0n) is 15.4. The van der Waals surface area contributed by atoms with Crippen LogP contribution in [0.3, 0.4) is 0 Å². The number of amides is 1. The van der Waals surface area contributed by atoms with Gasteiger partial charge < -0.3 is 5.11 Å². The van der Waals surface area contributed by atoms with E-state index in [-0.39, 0.29) is 11.7 Å². The molecule has 0 saturated heterocycles. The van der Waals surface area contributed by atoms with Gasteiger partial charge in [-0.2, -0.15) is 0 Å². The van der Waals surface area contributed by atoms with Gasteiger partial charge in [-0.15, -0.1) is 0 Å². The summed E-state index contributed by atoms with van der Waals surface area (Å²) in [5, 5.41) is 11.6. The first-order chi connectivity index (χ1) is 13.6. The van der Waals surface area contributed by atoms with Crippen LogP contribution in [0.25, 0.3) is 0 Å². The fourth-order valence-corrected chi connectivity index (χ4v) is 4.02. The van der Waals surface area contributed by atoms with Crippen LogP contribution in [0.15, 0.2) is 81.5 Å². The van der Waals surface area contributed by atoms with Crippen molar-refractivity contribution < 1.29 is 14.7 Å². The Kier molecular flexibility index (Phi) is 4.90. The van der Waals surface area contributed by atoms with Gasteiger partial charge in [0.2, 0.25) is 0 Å². The van der Waals surface area contributed by atoms with E-state index in [1.54, 1.807) is 43.1 Å². The molecule has 1 heterocycles. The lowest BCUT2D eigenvalue weighted by Crippen LogP contribution is -2.25. The monoisotopic (exact) mass is 390 g/mol. The molecule has 5 nitrogen and oxygen atoms in total. The molecule has 0 spiro atoms. The van der Waals surface area contributed by atoms with Gasteiger partial charge in [-0.25, -0.2) is 10.1 Å². The minimum atomic E-state index is -0.253. The molecule has 140 valence electrons. The molecule has 28 heavy (non-hydrogen) atoms. The second-order valence-corrected chi connectivity index (χ2v) is 7.33. The summed E-state index contributed by atoms with van der Waals surface area (Å²) in [7, 11) is 3.01. The van der Waals surface area contributed by atoms with Crippen LogP contribution < -0.4 is 0 Å². The molecule has 4 rings (SSSR count). The third kappa shape index (κ3) is 3.28. The number of aliphatic imine (C=N–C) groups is 1. The lowest BCUT2D eigenvalue weighted by Gasteiger charge is -2.14. The van der Waals surface area contributed by atoms with E-state index in [0.717, 1.165) is 15.4 Å². The highest BCUT2D eigenvalue weighted by Crippen LogP contribution is 2.42. The number of nitrogens with zero attached hydrogens (tertiary/aromatic N) is 2. The molecule has 0 radical (unpaired) electrons. The highest BCUT2D eigenvalue weighted by Gasteiger charge is 2.22. The number of para-hydroxylation sites is 1. The minimum Gasteiger partial charge on any atom is -0.507 e. The van der Waals surface area contributed by atoms with Crippen molar-refractivity contribution >= 4 is 29.1 Å². The van der Waals surface area contributed by atoms with Crippen LogP contribution in [0.5, 0.6) is 5.75 Å². The van der Waals surface area contributed by atoms with E-state index in [4.69, 9.17) is 9.83 Å². The number of carbonyl (C=O) groups is 1. The number of hydrogen-bond acceptors (Lipinski definition) is 5. The second kappa shape index (κ2) is 7.50. The Labute approximate surface area is 167 Å². The smallest absolute Gasteiger partial charge is 0.277 e. The molecule has 1 aliphatic heterocycles. The summed E-state index contributed by atoms with van der Waals surface area (Å²) in [4.78, 5) is 24.3. The highest BCUT2D eigenvalue weighted by molar-refractivity contribution is 7.99. The van der Waals surface area contributed by atoms with Gasteiger partial charge in [0.1, 0.15) is 5.75 Å². The van der Waals surface area contributed by atoms with Crippen LogP contribution in [0.1, 0.15) is 21.5 Å². The summed E-state index contributed by atoms with van der Waals surface area (Å²) in [6.45, 7) is 0. The molecule has 3 aromatic rings. The van der Waals surface area contributed by atoms with Crippen LogP contribution >= 0.6 is 11.8 Å². The average molecular weight is 390 g/mol.